The lowest BCUT2D eigenvalue weighted by molar-refractivity contribution is -0.127. The summed E-state index contributed by atoms with van der Waals surface area (Å²) < 4.78 is 0. The van der Waals surface area contributed by atoms with E-state index in [0.717, 1.165) is 35.3 Å². The van der Waals surface area contributed by atoms with Crippen molar-refractivity contribution < 1.29 is 9.59 Å². The van der Waals surface area contributed by atoms with Gasteiger partial charge in [0, 0.05) is 30.3 Å². The van der Waals surface area contributed by atoms with Crippen molar-refractivity contribution in [2.45, 2.75) is 86.7 Å². The predicted molar refractivity (Wildman–Crippen MR) is 133 cm³/mol. The molecule has 1 aliphatic heterocycles. The van der Waals surface area contributed by atoms with Crippen LogP contribution in [0.5, 0.6) is 0 Å². The Hall–Kier alpha value is -2.96. The molecular formula is C26H37N5O2. The van der Waals surface area contributed by atoms with Gasteiger partial charge < -0.3 is 10.2 Å². The van der Waals surface area contributed by atoms with Crippen LogP contribution in [0.1, 0.15) is 80.9 Å². The molecule has 1 aliphatic rings. The number of rotatable bonds is 8. The van der Waals surface area contributed by atoms with Gasteiger partial charge in [0.2, 0.25) is 11.9 Å². The van der Waals surface area contributed by atoms with E-state index in [-0.39, 0.29) is 17.9 Å². The molecule has 2 aromatic rings. The van der Waals surface area contributed by atoms with Gasteiger partial charge in [-0.25, -0.2) is 4.98 Å². The van der Waals surface area contributed by atoms with Crippen molar-refractivity contribution in [3.05, 3.63) is 40.1 Å². The van der Waals surface area contributed by atoms with Gasteiger partial charge in [-0.3, -0.25) is 14.5 Å². The standard InChI is InChI=1S/C26H37N5O2/c1-9-19(10-2)31-24-21(22(25(31)33)28-20(32)11-3)18(8)27-26(29-24)30(12-4)23-16(6)13-15(5)14-17(23)7/h13-14,19,22H,9-12H2,1-8H3,(H,28,32). The van der Waals surface area contributed by atoms with Gasteiger partial charge in [0.15, 0.2) is 0 Å². The third-order valence-electron chi connectivity index (χ3n) is 6.50. The van der Waals surface area contributed by atoms with Gasteiger partial charge in [-0.2, -0.15) is 4.98 Å². The number of nitrogens with one attached hydrogen (secondary N) is 1. The lowest BCUT2D eigenvalue weighted by Gasteiger charge is -2.29. The summed E-state index contributed by atoms with van der Waals surface area (Å²) in [4.78, 5) is 39.5. The van der Waals surface area contributed by atoms with Gasteiger partial charge in [-0.05, 0) is 58.6 Å². The second-order valence-corrected chi connectivity index (χ2v) is 8.87. The Morgan fingerprint density at radius 1 is 1.06 bits per heavy atom. The fourth-order valence-corrected chi connectivity index (χ4v) is 4.96. The average Bonchev–Trinajstić information content (AvgIpc) is 3.03. The molecule has 178 valence electrons. The first-order valence-electron chi connectivity index (χ1n) is 12.0. The maximum atomic E-state index is 13.5. The van der Waals surface area contributed by atoms with E-state index in [4.69, 9.17) is 9.97 Å². The molecule has 0 saturated heterocycles. The number of anilines is 3. The summed E-state index contributed by atoms with van der Waals surface area (Å²) in [7, 11) is 0. The zero-order chi connectivity index (χ0) is 24.4. The van der Waals surface area contributed by atoms with Crippen molar-refractivity contribution in [1.82, 2.24) is 15.3 Å². The Balaban J connectivity index is 2.20. The Kier molecular flexibility index (Phi) is 7.40. The van der Waals surface area contributed by atoms with E-state index >= 15 is 0 Å². The minimum absolute atomic E-state index is 0.0138. The van der Waals surface area contributed by atoms with Gasteiger partial charge in [0.1, 0.15) is 11.9 Å². The van der Waals surface area contributed by atoms with Crippen LogP contribution in [0, 0.1) is 27.7 Å². The number of aryl methyl sites for hydroxylation is 4. The first-order chi connectivity index (χ1) is 15.7. The maximum absolute atomic E-state index is 13.5. The summed E-state index contributed by atoms with van der Waals surface area (Å²) in [5.74, 6) is 0.921. The van der Waals surface area contributed by atoms with Crippen LogP contribution in [0.3, 0.4) is 0 Å². The summed E-state index contributed by atoms with van der Waals surface area (Å²) in [6.45, 7) is 16.9. The van der Waals surface area contributed by atoms with Crippen LogP contribution < -0.4 is 15.1 Å². The monoisotopic (exact) mass is 451 g/mol. The van der Waals surface area contributed by atoms with Crippen molar-refractivity contribution in [3.8, 4) is 0 Å². The van der Waals surface area contributed by atoms with Gasteiger partial charge >= 0.3 is 0 Å². The second-order valence-electron chi connectivity index (χ2n) is 8.87. The van der Waals surface area contributed by atoms with E-state index in [0.29, 0.717) is 30.3 Å². The highest BCUT2D eigenvalue weighted by atomic mass is 16.2. The number of hydrogen-bond donors (Lipinski definition) is 1. The summed E-state index contributed by atoms with van der Waals surface area (Å²) in [5.41, 5.74) is 6.08. The highest BCUT2D eigenvalue weighted by molar-refractivity contribution is 6.06. The molecule has 0 spiro atoms. The highest BCUT2D eigenvalue weighted by Crippen LogP contribution is 2.41. The Bertz CT molecular complexity index is 1040. The second kappa shape index (κ2) is 9.89. The van der Waals surface area contributed by atoms with Crippen molar-refractivity contribution in [3.63, 3.8) is 0 Å². The Morgan fingerprint density at radius 2 is 1.67 bits per heavy atom. The van der Waals surface area contributed by atoms with Gasteiger partial charge in [-0.15, -0.1) is 0 Å². The molecule has 2 heterocycles. The van der Waals surface area contributed by atoms with Gasteiger partial charge in [-0.1, -0.05) is 38.5 Å². The van der Waals surface area contributed by atoms with Crippen molar-refractivity contribution in [1.29, 1.82) is 0 Å². The summed E-state index contributed by atoms with van der Waals surface area (Å²) in [6.07, 6.45) is 1.93. The van der Waals surface area contributed by atoms with Crippen molar-refractivity contribution in [2.24, 2.45) is 0 Å². The van der Waals surface area contributed by atoms with E-state index in [9.17, 15) is 9.59 Å². The minimum Gasteiger partial charge on any atom is -0.340 e. The quantitative estimate of drug-likeness (QED) is 0.613. The molecule has 0 bridgehead atoms. The highest BCUT2D eigenvalue weighted by Gasteiger charge is 2.44. The lowest BCUT2D eigenvalue weighted by atomic mass is 10.0. The number of benzene rings is 1. The Labute approximate surface area is 197 Å². The molecule has 1 aromatic carbocycles. The summed E-state index contributed by atoms with van der Waals surface area (Å²) in [6, 6.07) is 3.61. The van der Waals surface area contributed by atoms with Crippen LogP contribution in [0.2, 0.25) is 0 Å². The van der Waals surface area contributed by atoms with Gasteiger partial charge in [0.05, 0.1) is 5.69 Å². The lowest BCUT2D eigenvalue weighted by Crippen LogP contribution is -2.42. The molecule has 1 N–H and O–H groups in total. The topological polar surface area (TPSA) is 78.4 Å². The molecule has 1 atom stereocenters. The van der Waals surface area contributed by atoms with E-state index in [2.05, 4.69) is 63.9 Å². The zero-order valence-electron chi connectivity index (χ0n) is 21.2. The molecule has 0 aliphatic carbocycles. The predicted octanol–water partition coefficient (Wildman–Crippen LogP) is 4.97. The van der Waals surface area contributed by atoms with E-state index in [1.54, 1.807) is 11.8 Å². The molecule has 2 amide bonds. The van der Waals surface area contributed by atoms with Gasteiger partial charge in [0.25, 0.3) is 5.91 Å². The van der Waals surface area contributed by atoms with Crippen LogP contribution in [0.25, 0.3) is 0 Å². The maximum Gasteiger partial charge on any atom is 0.255 e. The van der Waals surface area contributed by atoms with E-state index in [1.165, 1.54) is 5.56 Å². The SMILES string of the molecule is CCC(=O)NC1C(=O)N(C(CC)CC)c2nc(N(CC)c3c(C)cc(C)cc3C)nc(C)c21. The van der Waals surface area contributed by atoms with Crippen molar-refractivity contribution in [2.75, 3.05) is 16.3 Å². The smallest absolute Gasteiger partial charge is 0.255 e. The normalized spacial score (nSPS) is 15.2. The number of fused-ring (bicyclic) bond motifs is 1. The van der Waals surface area contributed by atoms with Crippen LogP contribution >= 0.6 is 0 Å². The summed E-state index contributed by atoms with van der Waals surface area (Å²) in [5, 5.41) is 2.90. The molecular weight excluding hydrogens is 414 g/mol. The van der Waals surface area contributed by atoms with Crippen molar-refractivity contribution >= 4 is 29.3 Å². The number of carbonyl (C=O) groups is 2. The zero-order valence-corrected chi connectivity index (χ0v) is 21.2. The first kappa shape index (κ1) is 24.7. The number of aromatic nitrogens is 2. The molecule has 7 heteroatoms. The van der Waals surface area contributed by atoms with E-state index < -0.39 is 6.04 Å². The van der Waals surface area contributed by atoms with Crippen LogP contribution in [0.4, 0.5) is 17.5 Å². The molecule has 0 radical (unpaired) electrons. The molecule has 1 aromatic heterocycles. The fraction of sp³-hybridized carbons (Fsp3) is 0.538. The van der Waals surface area contributed by atoms with Crippen LogP contribution in [-0.2, 0) is 9.59 Å². The number of amides is 2. The molecule has 7 nitrogen and oxygen atoms in total. The molecule has 3 rings (SSSR count). The van der Waals surface area contributed by atoms with Crippen LogP contribution in [-0.4, -0.2) is 34.4 Å². The van der Waals surface area contributed by atoms with E-state index in [1.807, 2.05) is 6.92 Å². The number of nitrogens with zero attached hydrogens (tertiary/aromatic N) is 4. The minimum atomic E-state index is -0.736. The summed E-state index contributed by atoms with van der Waals surface area (Å²) >= 11 is 0. The third-order valence-corrected chi connectivity index (χ3v) is 6.50. The molecule has 1 unspecified atom stereocenters. The molecule has 0 fully saturated rings. The average molecular weight is 452 g/mol. The third kappa shape index (κ3) is 4.45. The van der Waals surface area contributed by atoms with Crippen LogP contribution in [0.15, 0.2) is 12.1 Å². The molecule has 0 saturated carbocycles. The Morgan fingerprint density at radius 3 is 2.18 bits per heavy atom. The first-order valence-corrected chi connectivity index (χ1v) is 12.0. The fourth-order valence-electron chi connectivity index (χ4n) is 4.96. The number of hydrogen-bond acceptors (Lipinski definition) is 5. The molecule has 33 heavy (non-hydrogen) atoms. The number of carbonyl (C=O) groups excluding carboxylic acids is 2. The largest absolute Gasteiger partial charge is 0.340 e.